The van der Waals surface area contributed by atoms with Gasteiger partial charge in [-0.15, -0.1) is 5.10 Å². The van der Waals surface area contributed by atoms with Crippen molar-refractivity contribution in [3.05, 3.63) is 93.5 Å². The maximum absolute atomic E-state index is 10.6. The number of aromatic nitrogens is 5. The van der Waals surface area contributed by atoms with Gasteiger partial charge < -0.3 is 26.0 Å². The maximum Gasteiger partial charge on any atom is 0.490 e. The minimum Gasteiger partial charge on any atom is -0.475 e. The number of unbranched alkanes of at least 4 members (excludes halogenated alkanes) is 1. The Labute approximate surface area is 356 Å². The van der Waals surface area contributed by atoms with Gasteiger partial charge in [-0.05, 0) is 86.6 Å². The molecule has 4 heterocycles. The number of rotatable bonds is 7. The second-order valence-corrected chi connectivity index (χ2v) is 15.3. The van der Waals surface area contributed by atoms with E-state index in [0.717, 1.165) is 87.0 Å². The molecule has 2 atom stereocenters. The molecule has 23 heteroatoms. The third kappa shape index (κ3) is 12.8. The number of para-hydroxylation sites is 1. The minimum atomic E-state index is -5.08. The molecule has 63 heavy (non-hydrogen) atoms. The lowest BCUT2D eigenvalue weighted by molar-refractivity contribution is -0.193. The number of fused-ring (bicyclic) bond motifs is 8. The number of carboxylic acid groups (broad SMARTS) is 3. The van der Waals surface area contributed by atoms with Crippen LogP contribution in [0.2, 0.25) is 5.02 Å². The average molecular weight is 920 g/mol. The molecule has 0 spiro atoms. The number of carbonyl (C=O) groups is 3. The lowest BCUT2D eigenvalue weighted by atomic mass is 9.70. The Bertz CT molecular complexity index is 2430. The van der Waals surface area contributed by atoms with Crippen LogP contribution in [-0.4, -0.2) is 88.2 Å². The molecule has 1 aliphatic heterocycles. The number of anilines is 1. The molecule has 0 amide bonds. The number of halogens is 10. The Morgan fingerprint density at radius 3 is 2.14 bits per heavy atom. The number of nitrogens with zero attached hydrogens (tertiary/aromatic N) is 5. The summed E-state index contributed by atoms with van der Waals surface area (Å²) in [4.78, 5) is 37.8. The lowest BCUT2D eigenvalue weighted by Gasteiger charge is -2.36. The van der Waals surface area contributed by atoms with Crippen molar-refractivity contribution < 1.29 is 69.2 Å². The second-order valence-electron chi connectivity index (χ2n) is 14.9. The number of aromatic amines is 1. The van der Waals surface area contributed by atoms with Crippen LogP contribution in [-0.2, 0) is 46.9 Å². The summed E-state index contributed by atoms with van der Waals surface area (Å²) in [7, 11) is 0. The van der Waals surface area contributed by atoms with E-state index in [1.165, 1.54) is 39.8 Å². The molecule has 2 aromatic carbocycles. The van der Waals surface area contributed by atoms with Crippen molar-refractivity contribution in [1.82, 2.24) is 29.9 Å². The van der Waals surface area contributed by atoms with E-state index in [2.05, 4.69) is 56.7 Å². The zero-order valence-electron chi connectivity index (χ0n) is 32.8. The van der Waals surface area contributed by atoms with Crippen LogP contribution >= 0.6 is 11.6 Å². The first-order chi connectivity index (χ1) is 29.4. The SMILES string of the molecule is Nc1c2c(nc3cc(Cl)ccc13)CC1C=C(CCCCn3cc(CN4CCc5c([nH]c6ccccc56)C4)nn3)CC2C1.O=C(O)C(F)(F)F.O=C(O)C(F)(F)F.O=C(O)C(F)(F)F. The lowest BCUT2D eigenvalue weighted by Crippen LogP contribution is -2.30. The first-order valence-corrected chi connectivity index (χ1v) is 19.5. The zero-order valence-corrected chi connectivity index (χ0v) is 33.5. The van der Waals surface area contributed by atoms with Gasteiger partial charge in [0.05, 0.1) is 11.2 Å². The predicted octanol–water partition coefficient (Wildman–Crippen LogP) is 8.85. The summed E-state index contributed by atoms with van der Waals surface area (Å²) >= 11 is 6.23. The van der Waals surface area contributed by atoms with Crippen LogP contribution < -0.4 is 5.73 Å². The molecule has 3 aromatic heterocycles. The van der Waals surface area contributed by atoms with Gasteiger partial charge >= 0.3 is 36.4 Å². The smallest absolute Gasteiger partial charge is 0.475 e. The molecular formula is C40H39ClF9N7O6. The fraction of sp³-hybridized carbons (Fsp3) is 0.400. The number of aryl methyl sites for hydroxylation is 1. The summed E-state index contributed by atoms with van der Waals surface area (Å²) in [6.07, 6.45) is -2.86. The Hall–Kier alpha value is -5.90. The van der Waals surface area contributed by atoms with E-state index in [1.807, 2.05) is 22.9 Å². The molecule has 2 unspecified atom stereocenters. The summed E-state index contributed by atoms with van der Waals surface area (Å²) in [5.74, 6) is -7.24. The summed E-state index contributed by atoms with van der Waals surface area (Å²) in [5.41, 5.74) is 17.7. The zero-order chi connectivity index (χ0) is 46.4. The number of aliphatic carboxylic acids is 3. The predicted molar refractivity (Wildman–Crippen MR) is 209 cm³/mol. The van der Waals surface area contributed by atoms with E-state index in [0.29, 0.717) is 16.9 Å². The van der Waals surface area contributed by atoms with Crippen molar-refractivity contribution in [3.63, 3.8) is 0 Å². The molecule has 2 aliphatic carbocycles. The molecule has 5 aromatic rings. The third-order valence-corrected chi connectivity index (χ3v) is 10.6. The van der Waals surface area contributed by atoms with Crippen LogP contribution in [0.4, 0.5) is 45.2 Å². The highest BCUT2D eigenvalue weighted by Gasteiger charge is 2.40. The molecular weight excluding hydrogens is 881 g/mol. The first-order valence-electron chi connectivity index (χ1n) is 19.1. The Balaban J connectivity index is 0.000000296. The normalized spacial score (nSPS) is 17.1. The maximum atomic E-state index is 10.6. The number of alkyl halides is 9. The Morgan fingerprint density at radius 2 is 1.51 bits per heavy atom. The molecule has 8 rings (SSSR count). The number of carboxylic acids is 3. The van der Waals surface area contributed by atoms with E-state index in [-0.39, 0.29) is 0 Å². The van der Waals surface area contributed by atoms with Crippen molar-refractivity contribution in [3.8, 4) is 0 Å². The first kappa shape index (κ1) is 48.1. The largest absolute Gasteiger partial charge is 0.490 e. The minimum absolute atomic E-state index is 0.472. The summed E-state index contributed by atoms with van der Waals surface area (Å²) in [6.45, 7) is 3.74. The number of H-pyrrole nitrogens is 1. The van der Waals surface area contributed by atoms with Crippen molar-refractivity contribution in [2.45, 2.75) is 89.0 Å². The van der Waals surface area contributed by atoms with Gasteiger partial charge in [0.2, 0.25) is 0 Å². The van der Waals surface area contributed by atoms with Gasteiger partial charge in [0.25, 0.3) is 0 Å². The number of hydrogen-bond acceptors (Lipinski definition) is 8. The molecule has 13 nitrogen and oxygen atoms in total. The van der Waals surface area contributed by atoms with Crippen LogP contribution in [0.25, 0.3) is 21.8 Å². The van der Waals surface area contributed by atoms with Crippen LogP contribution in [0.3, 0.4) is 0 Å². The Kier molecular flexibility index (Phi) is 15.0. The van der Waals surface area contributed by atoms with Gasteiger partial charge in [0, 0.05) is 76.3 Å². The molecule has 0 radical (unpaired) electrons. The highest BCUT2D eigenvalue weighted by atomic mass is 35.5. The molecule has 3 aliphatic rings. The van der Waals surface area contributed by atoms with E-state index < -0.39 is 36.4 Å². The molecule has 340 valence electrons. The highest BCUT2D eigenvalue weighted by molar-refractivity contribution is 6.31. The monoisotopic (exact) mass is 919 g/mol. The number of nitrogen functional groups attached to an aromatic ring is 1. The van der Waals surface area contributed by atoms with Gasteiger partial charge in [0.1, 0.15) is 0 Å². The fourth-order valence-corrected chi connectivity index (χ4v) is 7.90. The van der Waals surface area contributed by atoms with Crippen molar-refractivity contribution in [1.29, 1.82) is 0 Å². The standard InChI is InChI=1S/C34H36ClN7.3C2HF3O2/c35-24-8-9-28-30(17-24)38-31-16-22-13-21(14-23(15-22)33(31)34(28)36)5-3-4-11-42-19-25(39-40-42)18-41-12-10-27-26-6-1-2-7-29(26)37-32(27)20-41;3*3-2(4,5)1(6)7/h1-2,6-9,13,17,19,22-23,37H,3-5,10-12,14-16,18,20H2,(H2,36,38);3*(H,6,7). The fourth-order valence-electron chi connectivity index (χ4n) is 7.73. The molecule has 0 saturated carbocycles. The highest BCUT2D eigenvalue weighted by Crippen LogP contribution is 2.47. The summed E-state index contributed by atoms with van der Waals surface area (Å²) < 4.78 is 97.2. The van der Waals surface area contributed by atoms with E-state index in [9.17, 15) is 39.5 Å². The van der Waals surface area contributed by atoms with Gasteiger partial charge in [-0.1, -0.05) is 46.7 Å². The van der Waals surface area contributed by atoms with E-state index in [1.54, 1.807) is 5.57 Å². The number of pyridine rings is 1. The van der Waals surface area contributed by atoms with Crippen LogP contribution in [0.15, 0.2) is 60.3 Å². The van der Waals surface area contributed by atoms with Gasteiger partial charge in [-0.2, -0.15) is 39.5 Å². The number of allylic oxidation sites excluding steroid dienone is 2. The third-order valence-electron chi connectivity index (χ3n) is 10.3. The van der Waals surface area contributed by atoms with E-state index in [4.69, 9.17) is 52.0 Å². The van der Waals surface area contributed by atoms with Gasteiger partial charge in [0.15, 0.2) is 0 Å². The molecule has 0 fully saturated rings. The molecule has 2 bridgehead atoms. The van der Waals surface area contributed by atoms with Crippen LogP contribution in [0.1, 0.15) is 66.2 Å². The van der Waals surface area contributed by atoms with Gasteiger partial charge in [-0.3, -0.25) is 14.6 Å². The van der Waals surface area contributed by atoms with Crippen molar-refractivity contribution >= 4 is 57.0 Å². The summed E-state index contributed by atoms with van der Waals surface area (Å²) in [5, 5.41) is 33.4. The number of benzene rings is 2. The molecule has 0 saturated heterocycles. The Morgan fingerprint density at radius 1 is 0.873 bits per heavy atom. The number of hydrogen-bond donors (Lipinski definition) is 5. The topological polar surface area (TPSA) is 201 Å². The van der Waals surface area contributed by atoms with Crippen molar-refractivity contribution in [2.24, 2.45) is 5.92 Å². The van der Waals surface area contributed by atoms with E-state index >= 15 is 0 Å². The summed E-state index contributed by atoms with van der Waals surface area (Å²) in [6, 6.07) is 14.5. The van der Waals surface area contributed by atoms with Gasteiger partial charge in [-0.25, -0.2) is 14.4 Å². The van der Waals surface area contributed by atoms with Crippen LogP contribution in [0, 0.1) is 5.92 Å². The number of nitrogens with two attached hydrogens (primary N) is 1. The second kappa shape index (κ2) is 19.7. The average Bonchev–Trinajstić information content (AvgIpc) is 3.79. The van der Waals surface area contributed by atoms with Crippen LogP contribution in [0.5, 0.6) is 0 Å². The number of nitrogens with one attached hydrogen (secondary N) is 1. The molecule has 6 N–H and O–H groups in total. The van der Waals surface area contributed by atoms with Crippen molar-refractivity contribution in [2.75, 3.05) is 12.3 Å². The quantitative estimate of drug-likeness (QED) is 0.0593.